The summed E-state index contributed by atoms with van der Waals surface area (Å²) in [6.45, 7) is 0. The molecule has 0 unspecified atom stereocenters. The summed E-state index contributed by atoms with van der Waals surface area (Å²) in [7, 11) is -3.14. The second-order valence-electron chi connectivity index (χ2n) is 2.89. The van der Waals surface area contributed by atoms with Gasteiger partial charge in [-0.2, -0.15) is 4.99 Å². The molecule has 80 valence electrons. The third kappa shape index (κ3) is 4.69. The lowest BCUT2D eigenvalue weighted by molar-refractivity contribution is 0.378. The van der Waals surface area contributed by atoms with Gasteiger partial charge in [-0.05, 0) is 24.4 Å². The molecule has 15 heavy (non-hydrogen) atoms. The lowest BCUT2D eigenvalue weighted by atomic mass is 10.3. The molecule has 0 amide bonds. The van der Waals surface area contributed by atoms with E-state index in [2.05, 4.69) is 22.4 Å². The van der Waals surface area contributed by atoms with Gasteiger partial charge in [-0.15, -0.1) is 0 Å². The van der Waals surface area contributed by atoms with Gasteiger partial charge in [0.05, 0.1) is 10.8 Å². The highest BCUT2D eigenvalue weighted by molar-refractivity contribution is 7.90. The van der Waals surface area contributed by atoms with Crippen LogP contribution in [0.2, 0.25) is 0 Å². The Bertz CT molecular complexity index is 490. The molecule has 0 radical (unpaired) electrons. The highest BCUT2D eigenvalue weighted by Crippen LogP contribution is 2.19. The van der Waals surface area contributed by atoms with Gasteiger partial charge in [0.15, 0.2) is 15.8 Å². The summed E-state index contributed by atoms with van der Waals surface area (Å²) < 4.78 is 26.7. The summed E-state index contributed by atoms with van der Waals surface area (Å²) in [4.78, 5) is 3.75. The Morgan fingerprint density at radius 2 is 2.27 bits per heavy atom. The van der Waals surface area contributed by atoms with E-state index < -0.39 is 9.84 Å². The number of rotatable bonds is 4. The average Bonchev–Trinajstić information content (AvgIpc) is 2.15. The number of benzene rings is 1. The smallest absolute Gasteiger partial charge is 0.188 e. The number of thiocarbonyl (C=S) groups is 1. The van der Waals surface area contributed by atoms with Crippen molar-refractivity contribution in [2.45, 2.75) is 0 Å². The molecule has 0 fully saturated rings. The summed E-state index contributed by atoms with van der Waals surface area (Å²) in [6.07, 6.45) is 1.10. The summed E-state index contributed by atoms with van der Waals surface area (Å²) in [5.41, 5.74) is 0.580. The number of nitrogens with zero attached hydrogens (tertiary/aromatic N) is 1. The second-order valence-corrected chi connectivity index (χ2v) is 5.16. The van der Waals surface area contributed by atoms with Crippen LogP contribution in [0.15, 0.2) is 29.3 Å². The highest BCUT2D eigenvalue weighted by atomic mass is 32.2. The SMILES string of the molecule is CS(=O)(=O)COc1cccc(N=C=S)c1. The first-order chi connectivity index (χ1) is 7.01. The van der Waals surface area contributed by atoms with E-state index in [1.165, 1.54) is 0 Å². The number of aliphatic imine (C=N–C) groups is 1. The minimum absolute atomic E-state index is 0.349. The van der Waals surface area contributed by atoms with Gasteiger partial charge in [0, 0.05) is 12.3 Å². The molecule has 0 atom stereocenters. The quantitative estimate of drug-likeness (QED) is 0.597. The van der Waals surface area contributed by atoms with Crippen LogP contribution >= 0.6 is 12.2 Å². The van der Waals surface area contributed by atoms with Crippen molar-refractivity contribution < 1.29 is 13.2 Å². The molecule has 0 spiro atoms. The van der Waals surface area contributed by atoms with Crippen LogP contribution in [0.1, 0.15) is 0 Å². The zero-order valence-electron chi connectivity index (χ0n) is 8.00. The molecular weight excluding hydrogens is 234 g/mol. The molecule has 0 aliphatic carbocycles. The molecule has 0 bridgehead atoms. The van der Waals surface area contributed by atoms with Crippen molar-refractivity contribution >= 4 is 32.9 Å². The fourth-order valence-electron chi connectivity index (χ4n) is 0.871. The maximum Gasteiger partial charge on any atom is 0.188 e. The molecule has 1 rings (SSSR count). The summed E-state index contributed by atoms with van der Waals surface area (Å²) in [5, 5.41) is 2.22. The van der Waals surface area contributed by atoms with Crippen LogP contribution in [-0.4, -0.2) is 25.8 Å². The van der Waals surface area contributed by atoms with E-state index in [1.54, 1.807) is 24.3 Å². The van der Waals surface area contributed by atoms with E-state index in [1.807, 2.05) is 0 Å². The van der Waals surface area contributed by atoms with Crippen LogP contribution in [0.25, 0.3) is 0 Å². The van der Waals surface area contributed by atoms with Crippen LogP contribution in [0.4, 0.5) is 5.69 Å². The molecule has 0 aromatic heterocycles. The Hall–Kier alpha value is -1.23. The number of isothiocyanates is 1. The predicted molar refractivity (Wildman–Crippen MR) is 61.5 cm³/mol. The van der Waals surface area contributed by atoms with Gasteiger partial charge in [0.1, 0.15) is 5.75 Å². The number of sulfone groups is 1. The Labute approximate surface area is 93.5 Å². The van der Waals surface area contributed by atoms with E-state index >= 15 is 0 Å². The fraction of sp³-hybridized carbons (Fsp3) is 0.222. The Morgan fingerprint density at radius 3 is 2.87 bits per heavy atom. The molecule has 0 N–H and O–H groups in total. The summed E-state index contributed by atoms with van der Waals surface area (Å²) in [5.74, 6) is 0.0875. The molecule has 0 aliphatic heterocycles. The van der Waals surface area contributed by atoms with E-state index in [4.69, 9.17) is 4.74 Å². The number of hydrogen-bond donors (Lipinski definition) is 0. The van der Waals surface area contributed by atoms with E-state index in [0.717, 1.165) is 6.26 Å². The maximum absolute atomic E-state index is 10.8. The first-order valence-corrected chi connectivity index (χ1v) is 6.46. The van der Waals surface area contributed by atoms with Crippen molar-refractivity contribution in [3.05, 3.63) is 24.3 Å². The van der Waals surface area contributed by atoms with Crippen LogP contribution < -0.4 is 4.74 Å². The largest absolute Gasteiger partial charge is 0.478 e. The van der Waals surface area contributed by atoms with Crippen molar-refractivity contribution in [1.82, 2.24) is 0 Å². The van der Waals surface area contributed by atoms with Gasteiger partial charge < -0.3 is 4.74 Å². The second kappa shape index (κ2) is 5.02. The minimum atomic E-state index is -3.14. The van der Waals surface area contributed by atoms with E-state index in [0.29, 0.717) is 11.4 Å². The Kier molecular flexibility index (Phi) is 3.96. The lowest BCUT2D eigenvalue weighted by Gasteiger charge is -2.04. The molecule has 1 aromatic carbocycles. The monoisotopic (exact) mass is 243 g/mol. The third-order valence-corrected chi connectivity index (χ3v) is 2.07. The van der Waals surface area contributed by atoms with Crippen molar-refractivity contribution in [2.75, 3.05) is 12.2 Å². The van der Waals surface area contributed by atoms with E-state index in [9.17, 15) is 8.42 Å². The van der Waals surface area contributed by atoms with E-state index in [-0.39, 0.29) is 5.94 Å². The van der Waals surface area contributed by atoms with Crippen LogP contribution in [0, 0.1) is 0 Å². The standard InChI is InChI=1S/C9H9NO3S2/c1-15(11,12)7-13-9-4-2-3-8(5-9)10-6-14/h2-5H,7H2,1H3. The van der Waals surface area contributed by atoms with Gasteiger partial charge in [-0.25, -0.2) is 8.42 Å². The normalized spacial score (nSPS) is 10.5. The summed E-state index contributed by atoms with van der Waals surface area (Å²) >= 11 is 4.45. The fourth-order valence-corrected chi connectivity index (χ4v) is 1.33. The van der Waals surface area contributed by atoms with Gasteiger partial charge in [0.2, 0.25) is 0 Å². The van der Waals surface area contributed by atoms with Gasteiger partial charge >= 0.3 is 0 Å². The highest BCUT2D eigenvalue weighted by Gasteiger charge is 2.03. The average molecular weight is 243 g/mol. The Balaban J connectivity index is 2.78. The minimum Gasteiger partial charge on any atom is -0.478 e. The zero-order chi connectivity index (χ0) is 11.3. The van der Waals surface area contributed by atoms with Gasteiger partial charge in [-0.3, -0.25) is 0 Å². The summed E-state index contributed by atoms with van der Waals surface area (Å²) in [6, 6.07) is 6.65. The van der Waals surface area contributed by atoms with Gasteiger partial charge in [-0.1, -0.05) is 6.07 Å². The van der Waals surface area contributed by atoms with Crippen molar-refractivity contribution in [2.24, 2.45) is 4.99 Å². The first kappa shape index (κ1) is 11.8. The molecule has 1 aromatic rings. The van der Waals surface area contributed by atoms with Crippen LogP contribution in [0.3, 0.4) is 0 Å². The molecule has 0 heterocycles. The molecule has 0 aliphatic rings. The zero-order valence-corrected chi connectivity index (χ0v) is 9.64. The molecule has 0 saturated carbocycles. The van der Waals surface area contributed by atoms with Crippen LogP contribution in [-0.2, 0) is 9.84 Å². The molecule has 4 nitrogen and oxygen atoms in total. The molecule has 6 heteroatoms. The third-order valence-electron chi connectivity index (χ3n) is 1.43. The molecular formula is C9H9NO3S2. The van der Waals surface area contributed by atoms with Crippen molar-refractivity contribution in [3.8, 4) is 5.75 Å². The lowest BCUT2D eigenvalue weighted by Crippen LogP contribution is -2.09. The number of hydrogen-bond acceptors (Lipinski definition) is 5. The topological polar surface area (TPSA) is 55.7 Å². The predicted octanol–water partition coefficient (Wildman–Crippen LogP) is 1.80. The number of ether oxygens (including phenoxy) is 1. The maximum atomic E-state index is 10.8. The van der Waals surface area contributed by atoms with Crippen LogP contribution in [0.5, 0.6) is 5.75 Å². The van der Waals surface area contributed by atoms with Gasteiger partial charge in [0.25, 0.3) is 0 Å². The van der Waals surface area contributed by atoms with Crippen molar-refractivity contribution in [3.63, 3.8) is 0 Å². The molecule has 0 saturated heterocycles. The van der Waals surface area contributed by atoms with Crippen molar-refractivity contribution in [1.29, 1.82) is 0 Å². The first-order valence-electron chi connectivity index (χ1n) is 4.00. The Morgan fingerprint density at radius 1 is 1.53 bits per heavy atom.